The van der Waals surface area contributed by atoms with E-state index >= 15 is 0 Å². The highest BCUT2D eigenvalue weighted by molar-refractivity contribution is 6.33. The van der Waals surface area contributed by atoms with Crippen LogP contribution in [0.25, 0.3) is 0 Å². The Hall–Kier alpha value is -1.13. The quantitative estimate of drug-likeness (QED) is 0.872. The van der Waals surface area contributed by atoms with Crippen LogP contribution in [0.1, 0.15) is 12.8 Å². The number of methoxy groups -OCH3 is 2. The second-order valence-electron chi connectivity index (χ2n) is 4.76. The zero-order valence-electron chi connectivity index (χ0n) is 11.5. The smallest absolute Gasteiger partial charge is 0.162 e. The number of rotatable bonds is 5. The van der Waals surface area contributed by atoms with Gasteiger partial charge in [0, 0.05) is 18.7 Å². The molecule has 1 aliphatic rings. The molecule has 106 valence electrons. The standard InChI is InChI=1S/C14H21ClN2O2/c1-18-13-7-11(15)12(8-14(13)19-2)17-9-10-3-5-16-6-4-10/h7-8,10,16-17H,3-6,9H2,1-2H3. The third kappa shape index (κ3) is 3.67. The minimum absolute atomic E-state index is 0.653. The number of hydrogen-bond donors (Lipinski definition) is 2. The molecule has 0 atom stereocenters. The Labute approximate surface area is 119 Å². The third-order valence-corrected chi connectivity index (χ3v) is 3.83. The molecule has 0 bridgehead atoms. The van der Waals surface area contributed by atoms with Crippen LogP contribution in [0.5, 0.6) is 11.5 Å². The fourth-order valence-corrected chi connectivity index (χ4v) is 2.55. The van der Waals surface area contributed by atoms with E-state index in [1.165, 1.54) is 12.8 Å². The summed E-state index contributed by atoms with van der Waals surface area (Å²) in [6, 6.07) is 3.67. The molecule has 1 aromatic carbocycles. The summed E-state index contributed by atoms with van der Waals surface area (Å²) in [5.41, 5.74) is 0.901. The molecule has 1 aliphatic heterocycles. The Morgan fingerprint density at radius 2 is 1.84 bits per heavy atom. The summed E-state index contributed by atoms with van der Waals surface area (Å²) in [5, 5.41) is 7.44. The number of benzene rings is 1. The van der Waals surface area contributed by atoms with E-state index in [4.69, 9.17) is 21.1 Å². The summed E-state index contributed by atoms with van der Waals surface area (Å²) in [4.78, 5) is 0. The largest absolute Gasteiger partial charge is 0.493 e. The van der Waals surface area contributed by atoms with Gasteiger partial charge in [-0.15, -0.1) is 0 Å². The first kappa shape index (κ1) is 14.3. The van der Waals surface area contributed by atoms with Crippen molar-refractivity contribution in [2.45, 2.75) is 12.8 Å². The molecule has 2 N–H and O–H groups in total. The Morgan fingerprint density at radius 3 is 2.47 bits per heavy atom. The fraction of sp³-hybridized carbons (Fsp3) is 0.571. The molecular formula is C14H21ClN2O2. The number of nitrogens with one attached hydrogen (secondary N) is 2. The average molecular weight is 285 g/mol. The molecule has 1 heterocycles. The molecule has 0 unspecified atom stereocenters. The van der Waals surface area contributed by atoms with Crippen molar-refractivity contribution in [3.8, 4) is 11.5 Å². The Bertz CT molecular complexity index is 420. The van der Waals surface area contributed by atoms with E-state index in [-0.39, 0.29) is 0 Å². The number of anilines is 1. The molecule has 0 aliphatic carbocycles. The fourth-order valence-electron chi connectivity index (χ4n) is 2.33. The molecule has 1 saturated heterocycles. The van der Waals surface area contributed by atoms with Gasteiger partial charge in [0.05, 0.1) is 24.9 Å². The van der Waals surface area contributed by atoms with Gasteiger partial charge in [0.1, 0.15) is 0 Å². The van der Waals surface area contributed by atoms with Gasteiger partial charge in [-0.25, -0.2) is 0 Å². The third-order valence-electron chi connectivity index (χ3n) is 3.51. The van der Waals surface area contributed by atoms with Gasteiger partial charge in [-0.3, -0.25) is 0 Å². The number of ether oxygens (including phenoxy) is 2. The van der Waals surface area contributed by atoms with Crippen LogP contribution in [0.2, 0.25) is 5.02 Å². The van der Waals surface area contributed by atoms with E-state index in [9.17, 15) is 0 Å². The highest BCUT2D eigenvalue weighted by Crippen LogP contribution is 2.36. The summed E-state index contributed by atoms with van der Waals surface area (Å²) in [7, 11) is 3.23. The van der Waals surface area contributed by atoms with Crippen LogP contribution in [0.3, 0.4) is 0 Å². The van der Waals surface area contributed by atoms with Gasteiger partial charge in [-0.1, -0.05) is 11.6 Å². The zero-order valence-corrected chi connectivity index (χ0v) is 12.2. The summed E-state index contributed by atoms with van der Waals surface area (Å²) < 4.78 is 10.5. The lowest BCUT2D eigenvalue weighted by Crippen LogP contribution is -2.31. The first-order chi connectivity index (χ1) is 9.24. The van der Waals surface area contributed by atoms with Gasteiger partial charge in [-0.2, -0.15) is 0 Å². The normalized spacial score (nSPS) is 16.2. The van der Waals surface area contributed by atoms with Crippen LogP contribution in [0.15, 0.2) is 12.1 Å². The first-order valence-corrected chi connectivity index (χ1v) is 6.98. The molecular weight excluding hydrogens is 264 g/mol. The van der Waals surface area contributed by atoms with E-state index < -0.39 is 0 Å². The van der Waals surface area contributed by atoms with E-state index in [2.05, 4.69) is 10.6 Å². The van der Waals surface area contributed by atoms with Crippen molar-refractivity contribution < 1.29 is 9.47 Å². The van der Waals surface area contributed by atoms with E-state index in [0.717, 1.165) is 25.3 Å². The van der Waals surface area contributed by atoms with Crippen molar-refractivity contribution in [2.75, 3.05) is 39.2 Å². The maximum Gasteiger partial charge on any atom is 0.162 e. The Kier molecular flexibility index (Phi) is 5.16. The van der Waals surface area contributed by atoms with Crippen LogP contribution in [-0.4, -0.2) is 33.9 Å². The highest BCUT2D eigenvalue weighted by Gasteiger charge is 2.14. The molecule has 0 saturated carbocycles. The first-order valence-electron chi connectivity index (χ1n) is 6.60. The zero-order chi connectivity index (χ0) is 13.7. The monoisotopic (exact) mass is 284 g/mol. The second-order valence-corrected chi connectivity index (χ2v) is 5.17. The molecule has 0 radical (unpaired) electrons. The number of halogens is 1. The van der Waals surface area contributed by atoms with Crippen LogP contribution in [0.4, 0.5) is 5.69 Å². The van der Waals surface area contributed by atoms with Crippen molar-refractivity contribution >= 4 is 17.3 Å². The van der Waals surface area contributed by atoms with Crippen LogP contribution >= 0.6 is 11.6 Å². The van der Waals surface area contributed by atoms with Crippen molar-refractivity contribution in [2.24, 2.45) is 5.92 Å². The maximum atomic E-state index is 6.24. The summed E-state index contributed by atoms with van der Waals surface area (Å²) >= 11 is 6.24. The van der Waals surface area contributed by atoms with E-state index in [1.807, 2.05) is 6.07 Å². The molecule has 1 aromatic rings. The lowest BCUT2D eigenvalue weighted by Gasteiger charge is -2.23. The maximum absolute atomic E-state index is 6.24. The van der Waals surface area contributed by atoms with Crippen LogP contribution in [-0.2, 0) is 0 Å². The molecule has 5 heteroatoms. The molecule has 19 heavy (non-hydrogen) atoms. The Morgan fingerprint density at radius 1 is 1.21 bits per heavy atom. The Balaban J connectivity index is 2.02. The van der Waals surface area contributed by atoms with Crippen molar-refractivity contribution in [3.05, 3.63) is 17.2 Å². The van der Waals surface area contributed by atoms with Crippen molar-refractivity contribution in [3.63, 3.8) is 0 Å². The van der Waals surface area contributed by atoms with Gasteiger partial charge in [-0.05, 0) is 31.8 Å². The highest BCUT2D eigenvalue weighted by atomic mass is 35.5. The lowest BCUT2D eigenvalue weighted by atomic mass is 9.98. The molecule has 0 amide bonds. The van der Waals surface area contributed by atoms with Gasteiger partial charge in [0.15, 0.2) is 11.5 Å². The van der Waals surface area contributed by atoms with Crippen molar-refractivity contribution in [1.82, 2.24) is 5.32 Å². The van der Waals surface area contributed by atoms with E-state index in [1.54, 1.807) is 20.3 Å². The van der Waals surface area contributed by atoms with Gasteiger partial charge in [0.2, 0.25) is 0 Å². The lowest BCUT2D eigenvalue weighted by molar-refractivity contribution is 0.355. The van der Waals surface area contributed by atoms with Crippen molar-refractivity contribution in [1.29, 1.82) is 0 Å². The molecule has 1 fully saturated rings. The summed E-state index contributed by atoms with van der Waals surface area (Å²) in [6.07, 6.45) is 2.41. The molecule has 2 rings (SSSR count). The minimum atomic E-state index is 0.653. The number of hydrogen-bond acceptors (Lipinski definition) is 4. The molecule has 0 aromatic heterocycles. The minimum Gasteiger partial charge on any atom is -0.493 e. The van der Waals surface area contributed by atoms with Crippen LogP contribution < -0.4 is 20.1 Å². The SMILES string of the molecule is COc1cc(Cl)c(NCC2CCNCC2)cc1OC. The van der Waals surface area contributed by atoms with Gasteiger partial charge < -0.3 is 20.1 Å². The van der Waals surface area contributed by atoms with Crippen LogP contribution in [0, 0.1) is 5.92 Å². The molecule has 4 nitrogen and oxygen atoms in total. The predicted octanol–water partition coefficient (Wildman–Crippen LogP) is 2.77. The van der Waals surface area contributed by atoms with E-state index in [0.29, 0.717) is 22.4 Å². The topological polar surface area (TPSA) is 42.5 Å². The average Bonchev–Trinajstić information content (AvgIpc) is 2.46. The second kappa shape index (κ2) is 6.87. The van der Waals surface area contributed by atoms with Gasteiger partial charge in [0.25, 0.3) is 0 Å². The van der Waals surface area contributed by atoms with Gasteiger partial charge >= 0.3 is 0 Å². The number of piperidine rings is 1. The molecule has 0 spiro atoms. The predicted molar refractivity (Wildman–Crippen MR) is 78.6 cm³/mol. The summed E-state index contributed by atoms with van der Waals surface area (Å²) in [6.45, 7) is 3.15. The summed E-state index contributed by atoms with van der Waals surface area (Å²) in [5.74, 6) is 2.05.